The van der Waals surface area contributed by atoms with E-state index >= 15 is 0 Å². The van der Waals surface area contributed by atoms with Gasteiger partial charge in [0.25, 0.3) is 0 Å². The smallest absolute Gasteiger partial charge is 0.245 e. The Bertz CT molecular complexity index is 385. The average molecular weight is 337 g/mol. The van der Waals surface area contributed by atoms with Gasteiger partial charge in [-0.1, -0.05) is 15.9 Å². The Kier molecular flexibility index (Phi) is 6.63. The average Bonchev–Trinajstić information content (AvgIpc) is 2.37. The fraction of sp³-hybridized carbons (Fsp3) is 0.417. The summed E-state index contributed by atoms with van der Waals surface area (Å²) in [5.74, 6) is -0.317. The number of nitrogens with one attached hydrogen (secondary N) is 1. The Balaban J connectivity index is 2.61. The summed E-state index contributed by atoms with van der Waals surface area (Å²) in [7, 11) is 3.02. The van der Waals surface area contributed by atoms with Crippen LogP contribution in [-0.2, 0) is 14.3 Å². The fourth-order valence-electron chi connectivity index (χ4n) is 1.35. The first-order valence-electron chi connectivity index (χ1n) is 5.30. The van der Waals surface area contributed by atoms with Crippen molar-refractivity contribution in [2.75, 3.05) is 26.1 Å². The van der Waals surface area contributed by atoms with Gasteiger partial charge in [-0.2, -0.15) is 0 Å². The molecule has 0 saturated heterocycles. The Morgan fingerprint density at radius 1 is 1.39 bits per heavy atom. The molecule has 1 rings (SSSR count). The second-order valence-electron chi connectivity index (χ2n) is 3.63. The van der Waals surface area contributed by atoms with Crippen molar-refractivity contribution in [2.24, 2.45) is 0 Å². The molecule has 0 heterocycles. The summed E-state index contributed by atoms with van der Waals surface area (Å²) >= 11 is 9.35. The molecule has 1 aromatic rings. The minimum absolute atomic E-state index is 0.262. The second-order valence-corrected chi connectivity index (χ2v) is 5.01. The van der Waals surface area contributed by atoms with Gasteiger partial charge in [-0.05, 0) is 24.3 Å². The summed E-state index contributed by atoms with van der Waals surface area (Å²) in [4.78, 5) is 11.9. The molecule has 1 aromatic carbocycles. The van der Waals surface area contributed by atoms with Crippen LogP contribution in [0.2, 0.25) is 0 Å². The number of anilines is 1. The Labute approximate surface area is 120 Å². The van der Waals surface area contributed by atoms with Crippen molar-refractivity contribution < 1.29 is 14.3 Å². The highest BCUT2D eigenvalue weighted by atomic mass is 79.9. The minimum atomic E-state index is -0.807. The Morgan fingerprint density at radius 3 is 2.50 bits per heavy atom. The topological polar surface area (TPSA) is 47.6 Å². The molecule has 0 aromatic heterocycles. The number of carbonyl (C=O) groups is 1. The lowest BCUT2D eigenvalue weighted by molar-refractivity contribution is -0.119. The van der Waals surface area contributed by atoms with Crippen molar-refractivity contribution in [3.8, 4) is 0 Å². The molecule has 18 heavy (non-hydrogen) atoms. The van der Waals surface area contributed by atoms with E-state index in [4.69, 9.17) is 21.1 Å². The van der Waals surface area contributed by atoms with E-state index in [9.17, 15) is 4.79 Å². The Hall–Kier alpha value is -0.620. The molecular formula is C12H15BrClNO3. The molecule has 100 valence electrons. The zero-order valence-corrected chi connectivity index (χ0v) is 12.5. The standard InChI is InChI=1S/C12H15BrClNO3/c1-17-7-10(18-2)11(14)12(16)15-9-5-3-8(13)4-6-9/h3-6,10-11H,7H2,1-2H3,(H,15,16). The molecule has 0 saturated carbocycles. The van der Waals surface area contributed by atoms with Crippen LogP contribution in [0, 0.1) is 0 Å². The van der Waals surface area contributed by atoms with Crippen LogP contribution in [0.3, 0.4) is 0 Å². The van der Waals surface area contributed by atoms with E-state index in [1.54, 1.807) is 12.1 Å². The maximum absolute atomic E-state index is 11.9. The molecular weight excluding hydrogens is 321 g/mol. The van der Waals surface area contributed by atoms with Gasteiger partial charge in [0, 0.05) is 24.4 Å². The molecule has 2 atom stereocenters. The third kappa shape index (κ3) is 4.57. The molecule has 0 bridgehead atoms. The number of halogens is 2. The van der Waals surface area contributed by atoms with Crippen molar-refractivity contribution >= 4 is 39.1 Å². The van der Waals surface area contributed by atoms with Gasteiger partial charge in [0.05, 0.1) is 6.61 Å². The predicted octanol–water partition coefficient (Wildman–Crippen LogP) is 2.66. The molecule has 0 aliphatic carbocycles. The normalized spacial score (nSPS) is 14.0. The van der Waals surface area contributed by atoms with Crippen LogP contribution in [0.1, 0.15) is 0 Å². The highest BCUT2D eigenvalue weighted by molar-refractivity contribution is 9.10. The first-order valence-corrected chi connectivity index (χ1v) is 6.53. The first-order chi connectivity index (χ1) is 8.58. The number of hydrogen-bond donors (Lipinski definition) is 1. The highest BCUT2D eigenvalue weighted by Gasteiger charge is 2.26. The number of methoxy groups -OCH3 is 2. The lowest BCUT2D eigenvalue weighted by Crippen LogP contribution is -2.37. The van der Waals surface area contributed by atoms with E-state index in [-0.39, 0.29) is 12.5 Å². The largest absolute Gasteiger partial charge is 0.382 e. The minimum Gasteiger partial charge on any atom is -0.382 e. The number of carbonyl (C=O) groups excluding carboxylic acids is 1. The second kappa shape index (κ2) is 7.74. The summed E-state index contributed by atoms with van der Waals surface area (Å²) in [5, 5.41) is 1.91. The van der Waals surface area contributed by atoms with Crippen molar-refractivity contribution in [2.45, 2.75) is 11.5 Å². The van der Waals surface area contributed by atoms with Gasteiger partial charge in [0.1, 0.15) is 11.5 Å². The number of amides is 1. The van der Waals surface area contributed by atoms with Crippen LogP contribution in [0.25, 0.3) is 0 Å². The molecule has 4 nitrogen and oxygen atoms in total. The Morgan fingerprint density at radius 2 is 2.00 bits per heavy atom. The van der Waals surface area contributed by atoms with Crippen LogP contribution in [0.5, 0.6) is 0 Å². The molecule has 1 amide bonds. The van der Waals surface area contributed by atoms with Crippen molar-refractivity contribution in [1.29, 1.82) is 0 Å². The van der Waals surface area contributed by atoms with E-state index in [1.165, 1.54) is 14.2 Å². The molecule has 1 N–H and O–H groups in total. The van der Waals surface area contributed by atoms with Crippen molar-refractivity contribution in [3.63, 3.8) is 0 Å². The van der Waals surface area contributed by atoms with Crippen LogP contribution < -0.4 is 5.32 Å². The van der Waals surface area contributed by atoms with Gasteiger partial charge >= 0.3 is 0 Å². The van der Waals surface area contributed by atoms with Crippen LogP contribution >= 0.6 is 27.5 Å². The number of benzene rings is 1. The summed E-state index contributed by atoms with van der Waals surface area (Å²) in [6, 6.07) is 7.23. The van der Waals surface area contributed by atoms with E-state index < -0.39 is 11.5 Å². The number of ether oxygens (including phenoxy) is 2. The number of hydrogen-bond acceptors (Lipinski definition) is 3. The van der Waals surface area contributed by atoms with Crippen LogP contribution in [0.15, 0.2) is 28.7 Å². The zero-order chi connectivity index (χ0) is 13.5. The van der Waals surface area contributed by atoms with E-state index in [0.29, 0.717) is 5.69 Å². The van der Waals surface area contributed by atoms with Gasteiger partial charge in [0.15, 0.2) is 0 Å². The van der Waals surface area contributed by atoms with E-state index in [1.807, 2.05) is 12.1 Å². The number of alkyl halides is 1. The van der Waals surface area contributed by atoms with Crippen molar-refractivity contribution in [1.82, 2.24) is 0 Å². The summed E-state index contributed by atoms with van der Waals surface area (Å²) in [6.07, 6.45) is -0.480. The molecule has 0 spiro atoms. The first kappa shape index (κ1) is 15.4. The third-order valence-corrected chi connectivity index (χ3v) is 3.33. The summed E-state index contributed by atoms with van der Waals surface area (Å²) in [6.45, 7) is 0.262. The van der Waals surface area contributed by atoms with Gasteiger partial charge in [-0.15, -0.1) is 11.6 Å². The van der Waals surface area contributed by atoms with Crippen LogP contribution in [0.4, 0.5) is 5.69 Å². The van der Waals surface area contributed by atoms with Gasteiger partial charge < -0.3 is 14.8 Å². The molecule has 0 aliphatic rings. The zero-order valence-electron chi connectivity index (χ0n) is 10.2. The quantitative estimate of drug-likeness (QED) is 0.813. The van der Waals surface area contributed by atoms with Gasteiger partial charge in [-0.3, -0.25) is 4.79 Å². The fourth-order valence-corrected chi connectivity index (χ4v) is 1.84. The molecule has 0 radical (unpaired) electrons. The molecule has 0 fully saturated rings. The summed E-state index contributed by atoms with van der Waals surface area (Å²) < 4.78 is 11.0. The summed E-state index contributed by atoms with van der Waals surface area (Å²) in [5.41, 5.74) is 0.682. The maximum Gasteiger partial charge on any atom is 0.245 e. The maximum atomic E-state index is 11.9. The number of rotatable bonds is 6. The lowest BCUT2D eigenvalue weighted by atomic mass is 10.2. The molecule has 2 unspecified atom stereocenters. The van der Waals surface area contributed by atoms with Gasteiger partial charge in [0.2, 0.25) is 5.91 Å². The molecule has 0 aliphatic heterocycles. The SMILES string of the molecule is COCC(OC)C(Cl)C(=O)Nc1ccc(Br)cc1. The van der Waals surface area contributed by atoms with Gasteiger partial charge in [-0.25, -0.2) is 0 Å². The van der Waals surface area contributed by atoms with E-state index in [0.717, 1.165) is 4.47 Å². The highest BCUT2D eigenvalue weighted by Crippen LogP contribution is 2.16. The predicted molar refractivity (Wildman–Crippen MR) is 75.1 cm³/mol. The molecule has 6 heteroatoms. The van der Waals surface area contributed by atoms with E-state index in [2.05, 4.69) is 21.2 Å². The van der Waals surface area contributed by atoms with Crippen LogP contribution in [-0.4, -0.2) is 38.2 Å². The monoisotopic (exact) mass is 335 g/mol. The third-order valence-electron chi connectivity index (χ3n) is 2.32. The lowest BCUT2D eigenvalue weighted by Gasteiger charge is -2.19. The van der Waals surface area contributed by atoms with Crippen molar-refractivity contribution in [3.05, 3.63) is 28.7 Å².